The van der Waals surface area contributed by atoms with Crippen LogP contribution in [0.2, 0.25) is 0 Å². The highest BCUT2D eigenvalue weighted by Gasteiger charge is 2.43. The molecule has 3 rings (SSSR count). The minimum absolute atomic E-state index is 0.318. The summed E-state index contributed by atoms with van der Waals surface area (Å²) in [5.41, 5.74) is 5.43. The summed E-state index contributed by atoms with van der Waals surface area (Å²) in [6.07, 6.45) is 4.78. The van der Waals surface area contributed by atoms with Crippen molar-refractivity contribution in [3.63, 3.8) is 0 Å². The van der Waals surface area contributed by atoms with Crippen molar-refractivity contribution in [1.29, 1.82) is 0 Å². The Morgan fingerprint density at radius 1 is 1.40 bits per heavy atom. The molecule has 2 N–H and O–H groups in total. The van der Waals surface area contributed by atoms with Crippen LogP contribution in [0, 0.1) is 0 Å². The number of fused-ring (bicyclic) bond motifs is 2. The molecule has 1 aromatic heterocycles. The quantitative estimate of drug-likeness (QED) is 0.789. The maximum atomic E-state index is 5.76. The second-order valence-electron chi connectivity index (χ2n) is 4.30. The van der Waals surface area contributed by atoms with Gasteiger partial charge < -0.3 is 15.0 Å². The van der Waals surface area contributed by atoms with Crippen LogP contribution in [0.1, 0.15) is 36.9 Å². The highest BCUT2D eigenvalue weighted by molar-refractivity contribution is 5.06. The van der Waals surface area contributed by atoms with Crippen molar-refractivity contribution in [1.82, 2.24) is 10.1 Å². The fraction of sp³-hybridized carbons (Fsp3) is 0.800. The highest BCUT2D eigenvalue weighted by Crippen LogP contribution is 2.43. The lowest BCUT2D eigenvalue weighted by molar-refractivity contribution is 0.0996. The number of ether oxygens (including phenoxy) is 1. The van der Waals surface area contributed by atoms with E-state index in [1.807, 2.05) is 0 Å². The third-order valence-electron chi connectivity index (χ3n) is 3.28. The smallest absolute Gasteiger partial charge is 0.227 e. The van der Waals surface area contributed by atoms with Gasteiger partial charge in [0.1, 0.15) is 0 Å². The van der Waals surface area contributed by atoms with Crippen molar-refractivity contribution in [2.75, 3.05) is 6.54 Å². The first-order valence-electron chi connectivity index (χ1n) is 5.55. The summed E-state index contributed by atoms with van der Waals surface area (Å²) < 4.78 is 10.9. The third kappa shape index (κ3) is 1.55. The lowest BCUT2D eigenvalue weighted by atomic mass is 9.89. The van der Waals surface area contributed by atoms with Crippen LogP contribution < -0.4 is 5.73 Å². The predicted octanol–water partition coefficient (Wildman–Crippen LogP) is 0.606. The van der Waals surface area contributed by atoms with Crippen molar-refractivity contribution in [3.05, 3.63) is 11.7 Å². The average molecular weight is 209 g/mol. The molecule has 82 valence electrons. The van der Waals surface area contributed by atoms with Crippen molar-refractivity contribution < 1.29 is 9.26 Å². The van der Waals surface area contributed by atoms with Gasteiger partial charge in [-0.15, -0.1) is 0 Å². The first-order valence-corrected chi connectivity index (χ1v) is 5.55. The molecule has 2 saturated heterocycles. The van der Waals surface area contributed by atoms with E-state index in [4.69, 9.17) is 15.0 Å². The summed E-state index contributed by atoms with van der Waals surface area (Å²) in [6, 6.07) is 0. The van der Waals surface area contributed by atoms with Gasteiger partial charge in [-0.05, 0) is 19.3 Å². The molecule has 1 aromatic rings. The number of hydrogen-bond donors (Lipinski definition) is 1. The van der Waals surface area contributed by atoms with E-state index in [0.29, 0.717) is 37.0 Å². The van der Waals surface area contributed by atoms with Gasteiger partial charge in [-0.3, -0.25) is 0 Å². The van der Waals surface area contributed by atoms with Crippen LogP contribution in [0.3, 0.4) is 0 Å². The van der Waals surface area contributed by atoms with Crippen molar-refractivity contribution in [2.24, 2.45) is 5.73 Å². The number of nitrogens with two attached hydrogens (primary N) is 1. The van der Waals surface area contributed by atoms with Crippen LogP contribution in [0.5, 0.6) is 0 Å². The third-order valence-corrected chi connectivity index (χ3v) is 3.28. The average Bonchev–Trinajstić information content (AvgIpc) is 2.91. The summed E-state index contributed by atoms with van der Waals surface area (Å²) in [5, 5.41) is 4.01. The van der Waals surface area contributed by atoms with Gasteiger partial charge >= 0.3 is 0 Å². The maximum Gasteiger partial charge on any atom is 0.227 e. The van der Waals surface area contributed by atoms with Gasteiger partial charge in [-0.1, -0.05) is 5.16 Å². The molecule has 0 aromatic carbocycles. The van der Waals surface area contributed by atoms with Gasteiger partial charge in [0.2, 0.25) is 5.89 Å². The minimum Gasteiger partial charge on any atom is -0.374 e. The summed E-state index contributed by atoms with van der Waals surface area (Å²) in [5.74, 6) is 1.81. The Balaban J connectivity index is 1.75. The second-order valence-corrected chi connectivity index (χ2v) is 4.30. The molecule has 5 nitrogen and oxygen atoms in total. The van der Waals surface area contributed by atoms with Crippen molar-refractivity contribution >= 4 is 0 Å². The van der Waals surface area contributed by atoms with Gasteiger partial charge in [0.15, 0.2) is 5.82 Å². The normalized spacial score (nSPS) is 33.8. The second kappa shape index (κ2) is 3.57. The molecule has 3 unspecified atom stereocenters. The van der Waals surface area contributed by atoms with E-state index in [9.17, 15) is 0 Å². The van der Waals surface area contributed by atoms with Crippen LogP contribution in [0.4, 0.5) is 0 Å². The minimum atomic E-state index is 0.318. The molecule has 2 aliphatic rings. The highest BCUT2D eigenvalue weighted by atomic mass is 16.5. The van der Waals surface area contributed by atoms with E-state index in [1.165, 1.54) is 6.42 Å². The maximum absolute atomic E-state index is 5.76. The Morgan fingerprint density at radius 2 is 2.33 bits per heavy atom. The number of rotatable bonds is 3. The topological polar surface area (TPSA) is 74.2 Å². The van der Waals surface area contributed by atoms with Gasteiger partial charge in [-0.2, -0.15) is 4.98 Å². The number of aromatic nitrogens is 2. The molecule has 3 heterocycles. The molecule has 2 bridgehead atoms. The largest absolute Gasteiger partial charge is 0.374 e. The first kappa shape index (κ1) is 9.30. The summed E-state index contributed by atoms with van der Waals surface area (Å²) >= 11 is 0. The predicted molar refractivity (Wildman–Crippen MR) is 52.3 cm³/mol. The Hall–Kier alpha value is -0.940. The number of hydrogen-bond acceptors (Lipinski definition) is 5. The van der Waals surface area contributed by atoms with E-state index in [1.54, 1.807) is 0 Å². The van der Waals surface area contributed by atoms with Gasteiger partial charge in [-0.25, -0.2) is 0 Å². The molecule has 0 spiro atoms. The lowest BCUT2D eigenvalue weighted by Crippen LogP contribution is -2.15. The molecular formula is C10H15N3O2. The van der Waals surface area contributed by atoms with Crippen molar-refractivity contribution in [2.45, 2.75) is 43.8 Å². The molecule has 15 heavy (non-hydrogen) atoms. The zero-order valence-corrected chi connectivity index (χ0v) is 8.56. The van der Waals surface area contributed by atoms with E-state index < -0.39 is 0 Å². The van der Waals surface area contributed by atoms with E-state index in [0.717, 1.165) is 18.7 Å². The fourth-order valence-electron chi connectivity index (χ4n) is 2.55. The fourth-order valence-corrected chi connectivity index (χ4v) is 2.55. The molecule has 3 atom stereocenters. The molecule has 2 aliphatic heterocycles. The summed E-state index contributed by atoms with van der Waals surface area (Å²) in [7, 11) is 0. The van der Waals surface area contributed by atoms with Crippen LogP contribution in [0.15, 0.2) is 4.52 Å². The van der Waals surface area contributed by atoms with Crippen LogP contribution in [0.25, 0.3) is 0 Å². The lowest BCUT2D eigenvalue weighted by Gasteiger charge is -2.13. The Bertz CT molecular complexity index is 352. The van der Waals surface area contributed by atoms with Gasteiger partial charge in [0, 0.05) is 13.0 Å². The summed E-state index contributed by atoms with van der Waals surface area (Å²) in [6.45, 7) is 0.550. The Labute approximate surface area is 88.0 Å². The molecule has 0 saturated carbocycles. The SMILES string of the molecule is NCCc1nc(C2CC3CCC2O3)no1. The standard InChI is InChI=1S/C10H15N3O2/c11-4-3-9-12-10(13-15-9)7-5-6-1-2-8(7)14-6/h6-8H,1-5,11H2. The van der Waals surface area contributed by atoms with E-state index in [2.05, 4.69) is 10.1 Å². The number of nitrogens with zero attached hydrogens (tertiary/aromatic N) is 2. The molecule has 0 amide bonds. The Kier molecular flexibility index (Phi) is 2.21. The molecular weight excluding hydrogens is 194 g/mol. The van der Waals surface area contributed by atoms with Crippen LogP contribution in [-0.4, -0.2) is 28.9 Å². The van der Waals surface area contributed by atoms with Crippen molar-refractivity contribution in [3.8, 4) is 0 Å². The molecule has 2 fully saturated rings. The van der Waals surface area contributed by atoms with E-state index in [-0.39, 0.29) is 0 Å². The molecule has 0 radical (unpaired) electrons. The van der Waals surface area contributed by atoms with E-state index >= 15 is 0 Å². The molecule has 0 aliphatic carbocycles. The van der Waals surface area contributed by atoms with Gasteiger partial charge in [0.05, 0.1) is 18.1 Å². The van der Waals surface area contributed by atoms with Crippen LogP contribution >= 0.6 is 0 Å². The van der Waals surface area contributed by atoms with Gasteiger partial charge in [0.25, 0.3) is 0 Å². The molecule has 5 heteroatoms. The zero-order chi connectivity index (χ0) is 10.3. The summed E-state index contributed by atoms with van der Waals surface area (Å²) in [4.78, 5) is 4.36. The van der Waals surface area contributed by atoms with Crippen LogP contribution in [-0.2, 0) is 11.2 Å². The first-order chi connectivity index (χ1) is 7.36. The Morgan fingerprint density at radius 3 is 3.00 bits per heavy atom. The monoisotopic (exact) mass is 209 g/mol. The zero-order valence-electron chi connectivity index (χ0n) is 8.56.